The van der Waals surface area contributed by atoms with Crippen LogP contribution in [0.2, 0.25) is 0 Å². The van der Waals surface area contributed by atoms with Crippen molar-refractivity contribution >= 4 is 16.8 Å². The molecule has 0 spiro atoms. The van der Waals surface area contributed by atoms with Gasteiger partial charge in [-0.25, -0.2) is 4.98 Å². The molecule has 1 aliphatic heterocycles. The zero-order valence-electron chi connectivity index (χ0n) is 23.8. The minimum absolute atomic E-state index is 0.0672. The predicted molar refractivity (Wildman–Crippen MR) is 166 cm³/mol. The molecule has 0 fully saturated rings. The van der Waals surface area contributed by atoms with Crippen LogP contribution in [0.5, 0.6) is 0 Å². The smallest absolute Gasteiger partial charge is 0.237 e. The SMILES string of the molecule is Cc1c2n(c3ccccc13)C(=O)[C@@H]([C@@H](O)c1ncn(C(c3ccccc3)(c3ccccc3)c3ccccc3)c1C)CC2. The summed E-state index contributed by atoms with van der Waals surface area (Å²) < 4.78 is 4.00. The molecule has 5 heteroatoms. The third kappa shape index (κ3) is 3.81. The van der Waals surface area contributed by atoms with E-state index in [2.05, 4.69) is 90.4 Å². The van der Waals surface area contributed by atoms with Gasteiger partial charge in [-0.15, -0.1) is 0 Å². The lowest BCUT2D eigenvalue weighted by atomic mass is 9.76. The van der Waals surface area contributed by atoms with Crippen LogP contribution in [0.3, 0.4) is 0 Å². The van der Waals surface area contributed by atoms with Gasteiger partial charge in [0.15, 0.2) is 0 Å². The van der Waals surface area contributed by atoms with Gasteiger partial charge in [-0.2, -0.15) is 0 Å². The molecule has 2 atom stereocenters. The highest BCUT2D eigenvalue weighted by Crippen LogP contribution is 2.43. The molecule has 0 bridgehead atoms. The molecule has 0 amide bonds. The number of para-hydroxylation sites is 1. The second-order valence-corrected chi connectivity index (χ2v) is 11.2. The predicted octanol–water partition coefficient (Wildman–Crippen LogP) is 7.23. The lowest BCUT2D eigenvalue weighted by Crippen LogP contribution is -2.38. The van der Waals surface area contributed by atoms with E-state index in [4.69, 9.17) is 4.98 Å². The molecule has 0 saturated carbocycles. The number of hydrogen-bond acceptors (Lipinski definition) is 3. The highest BCUT2D eigenvalue weighted by molar-refractivity contribution is 5.97. The number of benzene rings is 4. The normalized spacial score (nSPS) is 16.0. The highest BCUT2D eigenvalue weighted by Gasteiger charge is 2.42. The van der Waals surface area contributed by atoms with E-state index in [1.54, 1.807) is 0 Å². The fourth-order valence-corrected chi connectivity index (χ4v) is 7.08. The first-order valence-electron chi connectivity index (χ1n) is 14.6. The van der Waals surface area contributed by atoms with E-state index in [1.807, 2.05) is 54.2 Å². The average Bonchev–Trinajstić information content (AvgIpc) is 3.57. The number of carbonyl (C=O) groups is 1. The highest BCUT2D eigenvalue weighted by atomic mass is 16.3. The summed E-state index contributed by atoms with van der Waals surface area (Å²) in [6, 6.07) is 39.3. The van der Waals surface area contributed by atoms with Crippen LogP contribution >= 0.6 is 0 Å². The van der Waals surface area contributed by atoms with Gasteiger partial charge >= 0.3 is 0 Å². The first-order chi connectivity index (χ1) is 20.5. The maximum absolute atomic E-state index is 14.0. The summed E-state index contributed by atoms with van der Waals surface area (Å²) in [5.74, 6) is -0.656. The molecule has 7 rings (SSSR count). The van der Waals surface area contributed by atoms with Crippen LogP contribution < -0.4 is 0 Å². The minimum Gasteiger partial charge on any atom is -0.386 e. The van der Waals surface area contributed by atoms with Gasteiger partial charge in [0.25, 0.3) is 0 Å². The molecule has 6 aromatic rings. The lowest BCUT2D eigenvalue weighted by Gasteiger charge is -2.38. The van der Waals surface area contributed by atoms with E-state index in [1.165, 1.54) is 0 Å². The summed E-state index contributed by atoms with van der Waals surface area (Å²) in [4.78, 5) is 18.8. The van der Waals surface area contributed by atoms with Crippen molar-refractivity contribution < 1.29 is 9.90 Å². The molecule has 4 aromatic carbocycles. The third-order valence-corrected chi connectivity index (χ3v) is 9.12. The van der Waals surface area contributed by atoms with Gasteiger partial charge in [0.1, 0.15) is 11.6 Å². The van der Waals surface area contributed by atoms with Crippen molar-refractivity contribution in [3.8, 4) is 0 Å². The number of hydrogen-bond donors (Lipinski definition) is 1. The van der Waals surface area contributed by atoms with Gasteiger partial charge in [0.05, 0.1) is 23.5 Å². The number of rotatable bonds is 6. The van der Waals surface area contributed by atoms with Crippen LogP contribution in [0.1, 0.15) is 56.7 Å². The number of aliphatic hydroxyl groups is 1. The molecule has 0 aliphatic carbocycles. The number of carbonyl (C=O) groups excluding carboxylic acids is 1. The Labute approximate surface area is 245 Å². The Hall–Kier alpha value is -4.74. The van der Waals surface area contributed by atoms with Gasteiger partial charge in [-0.3, -0.25) is 9.36 Å². The molecule has 2 aromatic heterocycles. The van der Waals surface area contributed by atoms with Gasteiger partial charge in [-0.1, -0.05) is 109 Å². The van der Waals surface area contributed by atoms with Gasteiger partial charge in [0, 0.05) is 16.8 Å². The fourth-order valence-electron chi connectivity index (χ4n) is 7.08. The number of fused-ring (bicyclic) bond motifs is 3. The second kappa shape index (κ2) is 10.3. The monoisotopic (exact) mass is 551 g/mol. The third-order valence-electron chi connectivity index (χ3n) is 9.12. The minimum atomic E-state index is -1.03. The van der Waals surface area contributed by atoms with Gasteiger partial charge in [0.2, 0.25) is 5.91 Å². The first-order valence-corrected chi connectivity index (χ1v) is 14.6. The van der Waals surface area contributed by atoms with Crippen molar-refractivity contribution in [1.82, 2.24) is 14.1 Å². The van der Waals surface area contributed by atoms with Crippen LogP contribution in [-0.2, 0) is 12.0 Å². The Balaban J connectivity index is 1.38. The summed E-state index contributed by atoms with van der Waals surface area (Å²) in [5, 5.41) is 13.0. The molecule has 208 valence electrons. The summed E-state index contributed by atoms with van der Waals surface area (Å²) in [5.41, 5.74) is 6.96. The Morgan fingerprint density at radius 1 is 0.786 bits per heavy atom. The Bertz CT molecular complexity index is 1790. The Morgan fingerprint density at radius 2 is 1.31 bits per heavy atom. The van der Waals surface area contributed by atoms with E-state index in [0.29, 0.717) is 12.1 Å². The molecule has 0 saturated heterocycles. The van der Waals surface area contributed by atoms with Crippen LogP contribution in [0, 0.1) is 19.8 Å². The number of aromatic nitrogens is 3. The number of aliphatic hydroxyl groups excluding tert-OH is 1. The second-order valence-electron chi connectivity index (χ2n) is 11.2. The molecule has 3 heterocycles. The van der Waals surface area contributed by atoms with Crippen LogP contribution in [0.15, 0.2) is 122 Å². The van der Waals surface area contributed by atoms with Crippen molar-refractivity contribution in [1.29, 1.82) is 0 Å². The fraction of sp³-hybridized carbons (Fsp3) is 0.189. The van der Waals surface area contributed by atoms with Crippen molar-refractivity contribution in [2.75, 3.05) is 0 Å². The Morgan fingerprint density at radius 3 is 1.88 bits per heavy atom. The maximum atomic E-state index is 14.0. The summed E-state index contributed by atoms with van der Waals surface area (Å²) in [6.07, 6.45) is 2.10. The number of aryl methyl sites for hydroxylation is 1. The molecule has 0 radical (unpaired) electrons. The van der Waals surface area contributed by atoms with E-state index < -0.39 is 17.6 Å². The van der Waals surface area contributed by atoms with E-state index in [9.17, 15) is 9.90 Å². The van der Waals surface area contributed by atoms with Crippen LogP contribution in [-0.4, -0.2) is 25.1 Å². The molecular formula is C37H33N3O2. The quantitative estimate of drug-likeness (QED) is 0.222. The van der Waals surface area contributed by atoms with Crippen molar-refractivity contribution in [2.24, 2.45) is 5.92 Å². The molecular weight excluding hydrogens is 518 g/mol. The molecule has 1 N–H and O–H groups in total. The maximum Gasteiger partial charge on any atom is 0.237 e. The summed E-state index contributed by atoms with van der Waals surface area (Å²) in [6.45, 7) is 4.09. The van der Waals surface area contributed by atoms with Gasteiger partial charge < -0.3 is 9.67 Å². The van der Waals surface area contributed by atoms with E-state index >= 15 is 0 Å². The van der Waals surface area contributed by atoms with Gasteiger partial charge in [-0.05, 0) is 55.0 Å². The average molecular weight is 552 g/mol. The van der Waals surface area contributed by atoms with Crippen molar-refractivity contribution in [2.45, 2.75) is 38.3 Å². The number of imidazole rings is 1. The largest absolute Gasteiger partial charge is 0.386 e. The van der Waals surface area contributed by atoms with E-state index in [0.717, 1.165) is 51.0 Å². The zero-order valence-corrected chi connectivity index (χ0v) is 23.8. The van der Waals surface area contributed by atoms with Crippen molar-refractivity contribution in [3.05, 3.63) is 161 Å². The molecule has 1 aliphatic rings. The van der Waals surface area contributed by atoms with E-state index in [-0.39, 0.29) is 5.91 Å². The van der Waals surface area contributed by atoms with Crippen LogP contribution in [0.4, 0.5) is 0 Å². The zero-order chi connectivity index (χ0) is 28.8. The topological polar surface area (TPSA) is 60.1 Å². The summed E-state index contributed by atoms with van der Waals surface area (Å²) in [7, 11) is 0. The molecule has 0 unspecified atom stereocenters. The summed E-state index contributed by atoms with van der Waals surface area (Å²) >= 11 is 0. The van der Waals surface area contributed by atoms with Crippen LogP contribution in [0.25, 0.3) is 10.9 Å². The molecule has 5 nitrogen and oxygen atoms in total. The molecule has 42 heavy (non-hydrogen) atoms. The van der Waals surface area contributed by atoms with Crippen molar-refractivity contribution in [3.63, 3.8) is 0 Å². The first kappa shape index (κ1) is 26.2. The Kier molecular flexibility index (Phi) is 6.40. The lowest BCUT2D eigenvalue weighted by molar-refractivity contribution is 0.0529. The number of nitrogens with zero attached hydrogens (tertiary/aromatic N) is 3. The standard InChI is InChI=1S/C37H33N3O2/c1-25-30-20-12-13-21-33(30)40-32(25)23-22-31(36(40)42)35(41)34-26(2)39(24-38-34)37(27-14-6-3-7-15-27,28-16-8-4-9-17-28)29-18-10-5-11-19-29/h3-21,24,31,35,41H,22-23H2,1-2H3/t31-,35-/m1/s1.